The molecule has 0 saturated heterocycles. The number of carbonyl (C=O) groups is 3. The van der Waals surface area contributed by atoms with Crippen molar-refractivity contribution in [2.45, 2.75) is 27.2 Å². The number of ether oxygens (including phenoxy) is 1. The van der Waals surface area contributed by atoms with Gasteiger partial charge in [-0.2, -0.15) is 0 Å². The Morgan fingerprint density at radius 2 is 1.81 bits per heavy atom. The van der Waals surface area contributed by atoms with E-state index in [1.807, 2.05) is 19.1 Å². The molecule has 0 saturated carbocycles. The van der Waals surface area contributed by atoms with Gasteiger partial charge in [-0.25, -0.2) is 4.39 Å². The van der Waals surface area contributed by atoms with Crippen LogP contribution in [0.5, 0.6) is 5.75 Å². The first-order valence-corrected chi connectivity index (χ1v) is 10.1. The molecule has 0 aliphatic rings. The summed E-state index contributed by atoms with van der Waals surface area (Å²) in [5, 5.41) is 12.1. The van der Waals surface area contributed by atoms with Gasteiger partial charge in [0, 0.05) is 29.3 Å². The summed E-state index contributed by atoms with van der Waals surface area (Å²) in [5.41, 5.74) is 2.80. The molecule has 3 aromatic rings. The third kappa shape index (κ3) is 4.49. The van der Waals surface area contributed by atoms with Crippen LogP contribution in [0.4, 0.5) is 4.39 Å². The molecule has 8 heteroatoms. The van der Waals surface area contributed by atoms with Gasteiger partial charge in [0.2, 0.25) is 5.91 Å². The van der Waals surface area contributed by atoms with Crippen LogP contribution in [0, 0.1) is 25.6 Å². The fourth-order valence-corrected chi connectivity index (χ4v) is 3.52. The number of carboxylic acids is 1. The lowest BCUT2D eigenvalue weighted by atomic mass is 10.1. The maximum atomic E-state index is 14.5. The number of fused-ring (bicyclic) bond motifs is 1. The minimum Gasteiger partial charge on any atom is -0.494 e. The van der Waals surface area contributed by atoms with E-state index in [1.165, 1.54) is 30.7 Å². The summed E-state index contributed by atoms with van der Waals surface area (Å²) < 4.78 is 21.0. The quantitative estimate of drug-likeness (QED) is 0.586. The molecule has 32 heavy (non-hydrogen) atoms. The molecule has 0 bridgehead atoms. The van der Waals surface area contributed by atoms with Gasteiger partial charge >= 0.3 is 5.97 Å². The zero-order valence-electron chi connectivity index (χ0n) is 18.4. The van der Waals surface area contributed by atoms with E-state index in [4.69, 9.17) is 9.84 Å². The highest BCUT2D eigenvalue weighted by molar-refractivity contribution is 6.05. The number of hydrogen-bond acceptors (Lipinski definition) is 4. The van der Waals surface area contributed by atoms with Crippen molar-refractivity contribution in [1.82, 2.24) is 9.88 Å². The SMILES string of the molecule is COc1cc2c(CC(=O)NCC(C)C(=O)O)c(C)n(C(=O)c3ccc(C)cc3)c2cc1F. The zero-order valence-corrected chi connectivity index (χ0v) is 18.4. The van der Waals surface area contributed by atoms with Crippen LogP contribution in [0.2, 0.25) is 0 Å². The smallest absolute Gasteiger partial charge is 0.308 e. The number of aryl methyl sites for hydroxylation is 1. The lowest BCUT2D eigenvalue weighted by Gasteiger charge is -2.10. The molecule has 1 unspecified atom stereocenters. The van der Waals surface area contributed by atoms with Gasteiger partial charge in [-0.15, -0.1) is 0 Å². The monoisotopic (exact) mass is 440 g/mol. The van der Waals surface area contributed by atoms with Crippen LogP contribution >= 0.6 is 0 Å². The number of methoxy groups -OCH3 is 1. The summed E-state index contributed by atoms with van der Waals surface area (Å²) in [6.45, 7) is 5.08. The number of benzene rings is 2. The number of rotatable bonds is 7. The predicted octanol–water partition coefficient (Wildman–Crippen LogP) is 3.47. The fraction of sp³-hybridized carbons (Fsp3) is 0.292. The minimum absolute atomic E-state index is 0.00130. The third-order valence-corrected chi connectivity index (χ3v) is 5.47. The second-order valence-corrected chi connectivity index (χ2v) is 7.79. The number of nitrogens with one attached hydrogen (secondary N) is 1. The van der Waals surface area contributed by atoms with Crippen LogP contribution in [0.3, 0.4) is 0 Å². The van der Waals surface area contributed by atoms with Crippen molar-refractivity contribution in [2.75, 3.05) is 13.7 Å². The van der Waals surface area contributed by atoms with Crippen molar-refractivity contribution in [3.05, 3.63) is 64.6 Å². The van der Waals surface area contributed by atoms with E-state index >= 15 is 0 Å². The number of halogens is 1. The Bertz CT molecular complexity index is 1200. The van der Waals surface area contributed by atoms with Gasteiger partial charge in [-0.3, -0.25) is 19.0 Å². The first kappa shape index (κ1) is 23.0. The van der Waals surface area contributed by atoms with Crippen LogP contribution in [0.1, 0.15) is 34.1 Å². The van der Waals surface area contributed by atoms with E-state index in [0.717, 1.165) is 5.56 Å². The average molecular weight is 440 g/mol. The molecule has 2 aromatic carbocycles. The minimum atomic E-state index is -1.01. The van der Waals surface area contributed by atoms with Gasteiger partial charge in [0.15, 0.2) is 11.6 Å². The van der Waals surface area contributed by atoms with Crippen LogP contribution in [0.15, 0.2) is 36.4 Å². The van der Waals surface area contributed by atoms with Gasteiger partial charge in [-0.05, 0) is 37.6 Å². The normalized spacial score (nSPS) is 11.9. The Labute approximate surface area is 184 Å². The summed E-state index contributed by atoms with van der Waals surface area (Å²) in [6.07, 6.45) is -0.0996. The number of aromatic nitrogens is 1. The molecule has 1 heterocycles. The first-order valence-electron chi connectivity index (χ1n) is 10.1. The highest BCUT2D eigenvalue weighted by atomic mass is 19.1. The lowest BCUT2D eigenvalue weighted by Crippen LogP contribution is -2.32. The third-order valence-electron chi connectivity index (χ3n) is 5.47. The molecule has 1 atom stereocenters. The summed E-state index contributed by atoms with van der Waals surface area (Å²) >= 11 is 0. The van der Waals surface area contributed by atoms with Crippen LogP contribution in [-0.4, -0.2) is 41.1 Å². The van der Waals surface area contributed by atoms with Crippen molar-refractivity contribution >= 4 is 28.7 Å². The molecule has 0 radical (unpaired) electrons. The first-order chi connectivity index (χ1) is 15.1. The van der Waals surface area contributed by atoms with Crippen molar-refractivity contribution in [2.24, 2.45) is 5.92 Å². The zero-order chi connectivity index (χ0) is 23.6. The van der Waals surface area contributed by atoms with Gasteiger partial charge in [-0.1, -0.05) is 24.6 Å². The highest BCUT2D eigenvalue weighted by Crippen LogP contribution is 2.32. The lowest BCUT2D eigenvalue weighted by molar-refractivity contribution is -0.141. The Morgan fingerprint density at radius 3 is 2.41 bits per heavy atom. The Balaban J connectivity index is 2.06. The molecule has 0 aliphatic heterocycles. The number of hydrogen-bond donors (Lipinski definition) is 2. The standard InChI is InChI=1S/C24H25FN2O5/c1-13-5-7-16(8-6-13)23(29)27-15(3)17(10-22(28)26-12-14(2)24(30)31)18-9-21(32-4)19(25)11-20(18)27/h5-9,11,14H,10,12H2,1-4H3,(H,26,28)(H,30,31). The second-order valence-electron chi connectivity index (χ2n) is 7.79. The van der Waals surface area contributed by atoms with E-state index < -0.39 is 23.6 Å². The van der Waals surface area contributed by atoms with Crippen LogP contribution in [0.25, 0.3) is 10.9 Å². The maximum Gasteiger partial charge on any atom is 0.308 e. The molecule has 0 spiro atoms. The Kier molecular flexibility index (Phi) is 6.62. The second kappa shape index (κ2) is 9.21. The molecule has 0 aliphatic carbocycles. The molecular formula is C24H25FN2O5. The molecule has 0 fully saturated rings. The van der Waals surface area contributed by atoms with Gasteiger partial charge in [0.25, 0.3) is 5.91 Å². The molecular weight excluding hydrogens is 415 g/mol. The summed E-state index contributed by atoms with van der Waals surface area (Å²) in [6, 6.07) is 9.72. The summed E-state index contributed by atoms with van der Waals surface area (Å²) in [5.74, 6) is -3.12. The summed E-state index contributed by atoms with van der Waals surface area (Å²) in [4.78, 5) is 36.8. The molecule has 168 valence electrons. The predicted molar refractivity (Wildman–Crippen MR) is 118 cm³/mol. The molecule has 1 aromatic heterocycles. The Hall–Kier alpha value is -3.68. The number of aliphatic carboxylic acids is 1. The molecule has 1 amide bonds. The maximum absolute atomic E-state index is 14.5. The van der Waals surface area contributed by atoms with Crippen LogP contribution < -0.4 is 10.1 Å². The van der Waals surface area contributed by atoms with E-state index in [-0.39, 0.29) is 24.6 Å². The number of carbonyl (C=O) groups excluding carboxylic acids is 2. The number of amides is 1. The topological polar surface area (TPSA) is 97.6 Å². The molecule has 3 rings (SSSR count). The van der Waals surface area contributed by atoms with E-state index in [0.29, 0.717) is 27.7 Å². The average Bonchev–Trinajstić information content (AvgIpc) is 3.01. The van der Waals surface area contributed by atoms with E-state index in [1.54, 1.807) is 19.1 Å². The fourth-order valence-electron chi connectivity index (χ4n) is 3.52. The van der Waals surface area contributed by atoms with Crippen molar-refractivity contribution in [3.8, 4) is 5.75 Å². The molecule has 7 nitrogen and oxygen atoms in total. The van der Waals surface area contributed by atoms with Crippen molar-refractivity contribution < 1.29 is 28.6 Å². The van der Waals surface area contributed by atoms with Gasteiger partial charge < -0.3 is 15.2 Å². The molecule has 2 N–H and O–H groups in total. The van der Waals surface area contributed by atoms with E-state index in [9.17, 15) is 18.8 Å². The number of nitrogens with zero attached hydrogens (tertiary/aromatic N) is 1. The van der Waals surface area contributed by atoms with Crippen molar-refractivity contribution in [1.29, 1.82) is 0 Å². The Morgan fingerprint density at radius 1 is 1.16 bits per heavy atom. The van der Waals surface area contributed by atoms with Gasteiger partial charge in [0.1, 0.15) is 0 Å². The van der Waals surface area contributed by atoms with E-state index in [2.05, 4.69) is 5.32 Å². The van der Waals surface area contributed by atoms with Gasteiger partial charge in [0.05, 0.1) is 25.0 Å². The number of carboxylic acid groups (broad SMARTS) is 1. The largest absolute Gasteiger partial charge is 0.494 e. The van der Waals surface area contributed by atoms with Crippen LogP contribution in [-0.2, 0) is 16.0 Å². The highest BCUT2D eigenvalue weighted by Gasteiger charge is 2.24. The van der Waals surface area contributed by atoms with Crippen molar-refractivity contribution in [3.63, 3.8) is 0 Å². The summed E-state index contributed by atoms with van der Waals surface area (Å²) in [7, 11) is 1.34.